The Morgan fingerprint density at radius 2 is 2.00 bits per heavy atom. The summed E-state index contributed by atoms with van der Waals surface area (Å²) in [7, 11) is 1.45. The molecule has 0 unspecified atom stereocenters. The molecule has 0 atom stereocenters. The predicted octanol–water partition coefficient (Wildman–Crippen LogP) is 0.720. The standard InChI is InChI=1S/C7H16N2O2/c1-7(2,3)11-5-6(8)9-10-4/h5H2,1-4H3,(H2,8,9). The lowest BCUT2D eigenvalue weighted by molar-refractivity contribution is 0.0196. The van der Waals surface area contributed by atoms with Crippen molar-refractivity contribution in [3.8, 4) is 0 Å². The average Bonchev–Trinajstić information content (AvgIpc) is 1.83. The zero-order chi connectivity index (χ0) is 8.91. The molecule has 0 saturated heterocycles. The molecular formula is C7H16N2O2. The molecule has 0 aromatic rings. The minimum Gasteiger partial charge on any atom is -0.398 e. The Bertz CT molecular complexity index is 138. The number of ether oxygens (including phenoxy) is 1. The van der Waals surface area contributed by atoms with E-state index in [4.69, 9.17) is 10.5 Å². The van der Waals surface area contributed by atoms with Gasteiger partial charge in [0, 0.05) is 0 Å². The van der Waals surface area contributed by atoms with Gasteiger partial charge in [-0.05, 0) is 20.8 Å². The summed E-state index contributed by atoms with van der Waals surface area (Å²) in [5.74, 6) is 0.349. The molecule has 0 rings (SSSR count). The molecule has 0 aliphatic carbocycles. The maximum atomic E-state index is 5.39. The van der Waals surface area contributed by atoms with Gasteiger partial charge in [0.05, 0.1) is 5.60 Å². The Morgan fingerprint density at radius 1 is 1.45 bits per heavy atom. The number of hydrogen-bond donors (Lipinski definition) is 1. The molecule has 0 heterocycles. The molecule has 0 aliphatic rings. The van der Waals surface area contributed by atoms with Crippen LogP contribution in [-0.4, -0.2) is 25.2 Å². The van der Waals surface area contributed by atoms with Crippen molar-refractivity contribution < 1.29 is 9.57 Å². The normalized spacial score (nSPS) is 13.3. The van der Waals surface area contributed by atoms with Crippen LogP contribution in [0.2, 0.25) is 0 Å². The van der Waals surface area contributed by atoms with Gasteiger partial charge < -0.3 is 15.3 Å². The van der Waals surface area contributed by atoms with Crippen LogP contribution in [0.1, 0.15) is 20.8 Å². The molecule has 0 aromatic heterocycles. The van der Waals surface area contributed by atoms with Gasteiger partial charge in [-0.2, -0.15) is 0 Å². The van der Waals surface area contributed by atoms with Gasteiger partial charge in [-0.1, -0.05) is 5.16 Å². The first-order valence-corrected chi connectivity index (χ1v) is 3.45. The molecule has 0 bridgehead atoms. The molecule has 0 aliphatic heterocycles. The number of oxime groups is 1. The Balaban J connectivity index is 3.62. The van der Waals surface area contributed by atoms with Crippen molar-refractivity contribution in [1.29, 1.82) is 0 Å². The second-order valence-corrected chi connectivity index (χ2v) is 3.17. The van der Waals surface area contributed by atoms with Crippen molar-refractivity contribution in [3.05, 3.63) is 0 Å². The van der Waals surface area contributed by atoms with E-state index in [2.05, 4.69) is 9.99 Å². The van der Waals surface area contributed by atoms with Crippen LogP contribution in [0.4, 0.5) is 0 Å². The quantitative estimate of drug-likeness (QED) is 0.376. The highest BCUT2D eigenvalue weighted by molar-refractivity contribution is 5.80. The van der Waals surface area contributed by atoms with Crippen LogP contribution in [0, 0.1) is 0 Å². The monoisotopic (exact) mass is 160 g/mol. The fraction of sp³-hybridized carbons (Fsp3) is 0.857. The molecule has 0 saturated carbocycles. The number of hydrogen-bond acceptors (Lipinski definition) is 3. The van der Waals surface area contributed by atoms with Crippen LogP contribution in [0.15, 0.2) is 5.16 Å². The first-order valence-electron chi connectivity index (χ1n) is 3.45. The van der Waals surface area contributed by atoms with Crippen molar-refractivity contribution in [1.82, 2.24) is 0 Å². The highest BCUT2D eigenvalue weighted by atomic mass is 16.6. The molecule has 4 nitrogen and oxygen atoms in total. The molecule has 0 amide bonds. The van der Waals surface area contributed by atoms with Crippen LogP contribution in [0.5, 0.6) is 0 Å². The molecule has 0 radical (unpaired) electrons. The fourth-order valence-electron chi connectivity index (χ4n) is 0.434. The van der Waals surface area contributed by atoms with Gasteiger partial charge in [-0.3, -0.25) is 0 Å². The summed E-state index contributed by atoms with van der Waals surface area (Å²) < 4.78 is 5.31. The maximum absolute atomic E-state index is 5.39. The number of nitrogens with two attached hydrogens (primary N) is 1. The Labute approximate surface area is 67.3 Å². The molecule has 0 spiro atoms. The second kappa shape index (κ2) is 4.18. The lowest BCUT2D eigenvalue weighted by Gasteiger charge is -2.18. The van der Waals surface area contributed by atoms with E-state index in [1.807, 2.05) is 20.8 Å². The smallest absolute Gasteiger partial charge is 0.165 e. The summed E-state index contributed by atoms with van der Waals surface area (Å²) in [5.41, 5.74) is 5.20. The van der Waals surface area contributed by atoms with E-state index in [1.54, 1.807) is 0 Å². The predicted molar refractivity (Wildman–Crippen MR) is 44.3 cm³/mol. The SMILES string of the molecule is CO/N=C(\N)COC(C)(C)C. The van der Waals surface area contributed by atoms with Gasteiger partial charge in [0.2, 0.25) is 0 Å². The van der Waals surface area contributed by atoms with E-state index < -0.39 is 0 Å². The molecule has 11 heavy (non-hydrogen) atoms. The summed E-state index contributed by atoms with van der Waals surface area (Å²) in [6.45, 7) is 6.16. The van der Waals surface area contributed by atoms with Gasteiger partial charge in [0.25, 0.3) is 0 Å². The van der Waals surface area contributed by atoms with Gasteiger partial charge in [0.1, 0.15) is 13.7 Å². The van der Waals surface area contributed by atoms with Crippen molar-refractivity contribution in [2.24, 2.45) is 10.9 Å². The third-order valence-electron chi connectivity index (χ3n) is 0.862. The van der Waals surface area contributed by atoms with Crippen LogP contribution >= 0.6 is 0 Å². The molecule has 0 aromatic carbocycles. The largest absolute Gasteiger partial charge is 0.398 e. The Kier molecular flexibility index (Phi) is 3.89. The maximum Gasteiger partial charge on any atom is 0.165 e. The van der Waals surface area contributed by atoms with Crippen LogP contribution in [0.3, 0.4) is 0 Å². The van der Waals surface area contributed by atoms with E-state index in [0.717, 1.165) is 0 Å². The lowest BCUT2D eigenvalue weighted by atomic mass is 10.2. The number of rotatable bonds is 3. The summed E-state index contributed by atoms with van der Waals surface area (Å²) in [6.07, 6.45) is 0. The summed E-state index contributed by atoms with van der Waals surface area (Å²) in [5, 5.41) is 3.50. The molecule has 0 fully saturated rings. The zero-order valence-electron chi connectivity index (χ0n) is 7.55. The molecule has 4 heteroatoms. The average molecular weight is 160 g/mol. The van der Waals surface area contributed by atoms with E-state index in [9.17, 15) is 0 Å². The van der Waals surface area contributed by atoms with Crippen molar-refractivity contribution in [2.45, 2.75) is 26.4 Å². The minimum absolute atomic E-state index is 0.187. The fourth-order valence-corrected chi connectivity index (χ4v) is 0.434. The van der Waals surface area contributed by atoms with Gasteiger partial charge in [-0.15, -0.1) is 0 Å². The summed E-state index contributed by atoms with van der Waals surface area (Å²) >= 11 is 0. The third-order valence-corrected chi connectivity index (χ3v) is 0.862. The minimum atomic E-state index is -0.187. The second-order valence-electron chi connectivity index (χ2n) is 3.17. The number of nitrogens with zero attached hydrogens (tertiary/aromatic N) is 1. The van der Waals surface area contributed by atoms with E-state index in [0.29, 0.717) is 12.4 Å². The Hall–Kier alpha value is -0.770. The topological polar surface area (TPSA) is 56.8 Å². The van der Waals surface area contributed by atoms with Gasteiger partial charge >= 0.3 is 0 Å². The molecule has 2 N–H and O–H groups in total. The number of amidine groups is 1. The van der Waals surface area contributed by atoms with E-state index >= 15 is 0 Å². The third kappa shape index (κ3) is 7.12. The lowest BCUT2D eigenvalue weighted by Crippen LogP contribution is -2.27. The first-order chi connectivity index (χ1) is 4.95. The van der Waals surface area contributed by atoms with Crippen molar-refractivity contribution >= 4 is 5.84 Å². The highest BCUT2D eigenvalue weighted by Crippen LogP contribution is 2.05. The van der Waals surface area contributed by atoms with Gasteiger partial charge in [-0.25, -0.2) is 0 Å². The van der Waals surface area contributed by atoms with E-state index in [1.165, 1.54) is 7.11 Å². The highest BCUT2D eigenvalue weighted by Gasteiger charge is 2.10. The van der Waals surface area contributed by atoms with Crippen molar-refractivity contribution in [2.75, 3.05) is 13.7 Å². The van der Waals surface area contributed by atoms with Crippen LogP contribution < -0.4 is 5.73 Å². The molecular weight excluding hydrogens is 144 g/mol. The van der Waals surface area contributed by atoms with Crippen molar-refractivity contribution in [3.63, 3.8) is 0 Å². The zero-order valence-corrected chi connectivity index (χ0v) is 7.55. The van der Waals surface area contributed by atoms with Gasteiger partial charge in [0.15, 0.2) is 5.84 Å². The Morgan fingerprint density at radius 3 is 2.36 bits per heavy atom. The molecule has 66 valence electrons. The van der Waals surface area contributed by atoms with E-state index in [-0.39, 0.29) is 5.60 Å². The first kappa shape index (κ1) is 10.2. The van der Waals surface area contributed by atoms with Crippen LogP contribution in [0.25, 0.3) is 0 Å². The summed E-state index contributed by atoms with van der Waals surface area (Å²) in [6, 6.07) is 0. The summed E-state index contributed by atoms with van der Waals surface area (Å²) in [4.78, 5) is 4.45. The van der Waals surface area contributed by atoms with Crippen LogP contribution in [-0.2, 0) is 9.57 Å².